The molecule has 0 heterocycles. The van der Waals surface area contributed by atoms with Crippen molar-refractivity contribution in [1.82, 2.24) is 5.32 Å². The summed E-state index contributed by atoms with van der Waals surface area (Å²) in [7, 11) is 1.66. The van der Waals surface area contributed by atoms with Crippen LogP contribution < -0.4 is 10.1 Å². The van der Waals surface area contributed by atoms with E-state index in [0.29, 0.717) is 5.92 Å². The van der Waals surface area contributed by atoms with Crippen LogP contribution in [0.25, 0.3) is 0 Å². The number of aliphatic hydroxyl groups excluding tert-OH is 1. The molecule has 0 radical (unpaired) electrons. The summed E-state index contributed by atoms with van der Waals surface area (Å²) in [5, 5.41) is 12.6. The predicted molar refractivity (Wildman–Crippen MR) is 78.1 cm³/mol. The lowest BCUT2D eigenvalue weighted by Gasteiger charge is -2.19. The third-order valence-electron chi connectivity index (χ3n) is 3.04. The van der Waals surface area contributed by atoms with Gasteiger partial charge in [0.2, 0.25) is 0 Å². The van der Waals surface area contributed by atoms with Crippen molar-refractivity contribution in [2.24, 2.45) is 5.92 Å². The predicted octanol–water partition coefficient (Wildman–Crippen LogP) is 2.61. The summed E-state index contributed by atoms with van der Waals surface area (Å²) in [6, 6.07) is 6.27. The van der Waals surface area contributed by atoms with Gasteiger partial charge in [-0.3, -0.25) is 0 Å². The van der Waals surface area contributed by atoms with Crippen molar-refractivity contribution in [3.05, 3.63) is 28.2 Å². The smallest absolute Gasteiger partial charge is 0.133 e. The fourth-order valence-corrected chi connectivity index (χ4v) is 2.37. The Morgan fingerprint density at radius 2 is 2.11 bits per heavy atom. The monoisotopic (exact) mass is 315 g/mol. The van der Waals surface area contributed by atoms with Crippen molar-refractivity contribution in [2.45, 2.75) is 26.3 Å². The van der Waals surface area contributed by atoms with E-state index in [0.717, 1.165) is 23.2 Å². The molecule has 0 aromatic heterocycles. The number of ether oxygens (including phenoxy) is 1. The maximum atomic E-state index is 9.22. The Hall–Kier alpha value is -0.580. The normalized spacial score (nSPS) is 12.8. The molecule has 0 amide bonds. The first-order valence-electron chi connectivity index (χ1n) is 6.25. The summed E-state index contributed by atoms with van der Waals surface area (Å²) in [6.45, 7) is 5.27. The second kappa shape index (κ2) is 7.77. The highest BCUT2D eigenvalue weighted by atomic mass is 79.9. The van der Waals surface area contributed by atoms with Gasteiger partial charge in [0.25, 0.3) is 0 Å². The molecule has 0 aliphatic heterocycles. The number of halogens is 1. The summed E-state index contributed by atoms with van der Waals surface area (Å²) in [4.78, 5) is 0. The lowest BCUT2D eigenvalue weighted by molar-refractivity contribution is 0.212. The van der Waals surface area contributed by atoms with Crippen LogP contribution in [-0.4, -0.2) is 31.4 Å². The van der Waals surface area contributed by atoms with Crippen molar-refractivity contribution >= 4 is 15.9 Å². The molecular formula is C14H22BrNO2. The molecule has 1 rings (SSSR count). The SMILES string of the molecule is COc1ccc(CCNC(CO)C(C)C)cc1Br. The van der Waals surface area contributed by atoms with Crippen LogP contribution >= 0.6 is 15.9 Å². The van der Waals surface area contributed by atoms with Gasteiger partial charge in [0.15, 0.2) is 0 Å². The molecule has 0 aliphatic rings. The fraction of sp³-hybridized carbons (Fsp3) is 0.571. The Kier molecular flexibility index (Phi) is 6.68. The van der Waals surface area contributed by atoms with Crippen molar-refractivity contribution in [3.8, 4) is 5.75 Å². The second-order valence-electron chi connectivity index (χ2n) is 4.71. The molecule has 18 heavy (non-hydrogen) atoms. The zero-order valence-electron chi connectivity index (χ0n) is 11.2. The molecule has 0 saturated heterocycles. The maximum Gasteiger partial charge on any atom is 0.133 e. The summed E-state index contributed by atoms with van der Waals surface area (Å²) in [5.41, 5.74) is 1.25. The lowest BCUT2D eigenvalue weighted by atomic mass is 10.0. The molecule has 0 saturated carbocycles. The van der Waals surface area contributed by atoms with Crippen molar-refractivity contribution in [3.63, 3.8) is 0 Å². The van der Waals surface area contributed by atoms with E-state index in [1.165, 1.54) is 5.56 Å². The van der Waals surface area contributed by atoms with E-state index in [2.05, 4.69) is 47.2 Å². The Bertz CT molecular complexity index is 369. The van der Waals surface area contributed by atoms with Crippen LogP contribution in [0.5, 0.6) is 5.75 Å². The number of methoxy groups -OCH3 is 1. The van der Waals surface area contributed by atoms with Gasteiger partial charge in [-0.1, -0.05) is 19.9 Å². The van der Waals surface area contributed by atoms with Crippen LogP contribution in [0.3, 0.4) is 0 Å². The minimum atomic E-state index is 0.173. The van der Waals surface area contributed by atoms with Gasteiger partial charge < -0.3 is 15.2 Å². The molecule has 1 aromatic rings. The van der Waals surface area contributed by atoms with Crippen LogP contribution in [-0.2, 0) is 6.42 Å². The van der Waals surface area contributed by atoms with E-state index in [4.69, 9.17) is 4.74 Å². The number of rotatable bonds is 7. The number of hydrogen-bond donors (Lipinski definition) is 2. The van der Waals surface area contributed by atoms with Crippen LogP contribution in [0.1, 0.15) is 19.4 Å². The second-order valence-corrected chi connectivity index (χ2v) is 5.56. The first-order valence-corrected chi connectivity index (χ1v) is 7.04. The van der Waals surface area contributed by atoms with Crippen molar-refractivity contribution < 1.29 is 9.84 Å². The molecular weight excluding hydrogens is 294 g/mol. The van der Waals surface area contributed by atoms with Crippen molar-refractivity contribution in [2.75, 3.05) is 20.3 Å². The van der Waals surface area contributed by atoms with Crippen LogP contribution in [0.4, 0.5) is 0 Å². The van der Waals surface area contributed by atoms with Gasteiger partial charge in [-0.05, 0) is 52.5 Å². The summed E-state index contributed by atoms with van der Waals surface area (Å²) in [6.07, 6.45) is 0.936. The fourth-order valence-electron chi connectivity index (χ4n) is 1.78. The molecule has 102 valence electrons. The van der Waals surface area contributed by atoms with Crippen molar-refractivity contribution in [1.29, 1.82) is 0 Å². The Morgan fingerprint density at radius 3 is 2.61 bits per heavy atom. The van der Waals surface area contributed by atoms with Crippen LogP contribution in [0.2, 0.25) is 0 Å². The average Bonchev–Trinajstić information content (AvgIpc) is 2.34. The van der Waals surface area contributed by atoms with Gasteiger partial charge >= 0.3 is 0 Å². The molecule has 1 atom stereocenters. The average molecular weight is 316 g/mol. The number of benzene rings is 1. The van der Waals surface area contributed by atoms with E-state index in [1.807, 2.05) is 6.07 Å². The van der Waals surface area contributed by atoms with E-state index in [1.54, 1.807) is 7.11 Å². The quantitative estimate of drug-likeness (QED) is 0.812. The molecule has 1 aromatic carbocycles. The highest BCUT2D eigenvalue weighted by Crippen LogP contribution is 2.25. The van der Waals surface area contributed by atoms with Gasteiger partial charge in [-0.2, -0.15) is 0 Å². The van der Waals surface area contributed by atoms with E-state index in [9.17, 15) is 5.11 Å². The largest absolute Gasteiger partial charge is 0.496 e. The Labute approximate surface area is 118 Å². The third-order valence-corrected chi connectivity index (χ3v) is 3.66. The van der Waals surface area contributed by atoms with Gasteiger partial charge in [0.1, 0.15) is 5.75 Å². The molecule has 1 unspecified atom stereocenters. The molecule has 0 spiro atoms. The Morgan fingerprint density at radius 1 is 1.39 bits per heavy atom. The molecule has 4 heteroatoms. The summed E-state index contributed by atoms with van der Waals surface area (Å²) in [5.74, 6) is 1.29. The molecule has 0 fully saturated rings. The maximum absolute atomic E-state index is 9.22. The number of hydrogen-bond acceptors (Lipinski definition) is 3. The molecule has 3 nitrogen and oxygen atoms in total. The van der Waals surface area contributed by atoms with Gasteiger partial charge in [-0.15, -0.1) is 0 Å². The minimum Gasteiger partial charge on any atom is -0.496 e. The zero-order valence-corrected chi connectivity index (χ0v) is 12.8. The highest BCUT2D eigenvalue weighted by molar-refractivity contribution is 9.10. The summed E-state index contributed by atoms with van der Waals surface area (Å²) < 4.78 is 6.17. The number of aliphatic hydroxyl groups is 1. The number of nitrogens with one attached hydrogen (secondary N) is 1. The summed E-state index contributed by atoms with van der Waals surface area (Å²) >= 11 is 3.48. The molecule has 2 N–H and O–H groups in total. The van der Waals surface area contributed by atoms with Crippen LogP contribution in [0.15, 0.2) is 22.7 Å². The third kappa shape index (κ3) is 4.59. The van der Waals surface area contributed by atoms with E-state index in [-0.39, 0.29) is 12.6 Å². The first-order chi connectivity index (χ1) is 8.58. The first kappa shape index (κ1) is 15.5. The highest BCUT2D eigenvalue weighted by Gasteiger charge is 2.10. The van der Waals surface area contributed by atoms with Gasteiger partial charge in [0.05, 0.1) is 18.2 Å². The van der Waals surface area contributed by atoms with Gasteiger partial charge in [-0.25, -0.2) is 0 Å². The minimum absolute atomic E-state index is 0.173. The van der Waals surface area contributed by atoms with E-state index < -0.39 is 0 Å². The van der Waals surface area contributed by atoms with Crippen LogP contribution in [0, 0.1) is 5.92 Å². The molecule has 0 aliphatic carbocycles. The lowest BCUT2D eigenvalue weighted by Crippen LogP contribution is -2.38. The van der Waals surface area contributed by atoms with E-state index >= 15 is 0 Å². The van der Waals surface area contributed by atoms with Gasteiger partial charge in [0, 0.05) is 6.04 Å². The topological polar surface area (TPSA) is 41.5 Å². The zero-order chi connectivity index (χ0) is 13.5. The standard InChI is InChI=1S/C14H22BrNO2/c1-10(2)13(9-17)16-7-6-11-4-5-14(18-3)12(15)8-11/h4-5,8,10,13,16-17H,6-7,9H2,1-3H3. The molecule has 0 bridgehead atoms. The Balaban J connectivity index is 2.46.